The van der Waals surface area contributed by atoms with Gasteiger partial charge in [0.1, 0.15) is 4.47 Å². The van der Waals surface area contributed by atoms with Crippen molar-refractivity contribution in [2.45, 2.75) is 19.9 Å². The molecule has 1 heterocycles. The smallest absolute Gasteiger partial charge is 0.283 e. The Morgan fingerprint density at radius 1 is 1.65 bits per heavy atom. The minimum absolute atomic E-state index is 0.152. The van der Waals surface area contributed by atoms with Gasteiger partial charge in [0, 0.05) is 6.54 Å². The van der Waals surface area contributed by atoms with Crippen LogP contribution in [0.1, 0.15) is 13.3 Å². The van der Waals surface area contributed by atoms with Crippen molar-refractivity contribution in [3.63, 3.8) is 0 Å². The molecule has 5 heteroatoms. The Bertz CT molecular complexity index is 465. The van der Waals surface area contributed by atoms with E-state index < -0.39 is 0 Å². The van der Waals surface area contributed by atoms with Crippen LogP contribution in [0.2, 0.25) is 0 Å². The van der Waals surface area contributed by atoms with E-state index in [1.807, 2.05) is 13.0 Å². The van der Waals surface area contributed by atoms with Gasteiger partial charge in [0.05, 0.1) is 18.4 Å². The van der Waals surface area contributed by atoms with Gasteiger partial charge in [-0.15, -0.1) is 6.58 Å². The molecule has 0 aliphatic heterocycles. The molecule has 17 heavy (non-hydrogen) atoms. The van der Waals surface area contributed by atoms with Crippen molar-refractivity contribution in [3.8, 4) is 0 Å². The zero-order valence-electron chi connectivity index (χ0n) is 9.82. The highest BCUT2D eigenvalue weighted by atomic mass is 79.9. The maximum absolute atomic E-state index is 11.8. The van der Waals surface area contributed by atoms with Gasteiger partial charge in [0.2, 0.25) is 0 Å². The second kappa shape index (κ2) is 7.06. The summed E-state index contributed by atoms with van der Waals surface area (Å²) in [6, 6.07) is 0. The van der Waals surface area contributed by atoms with Crippen molar-refractivity contribution >= 4 is 21.6 Å². The zero-order chi connectivity index (χ0) is 12.7. The van der Waals surface area contributed by atoms with Crippen LogP contribution in [0, 0.1) is 0 Å². The van der Waals surface area contributed by atoms with Gasteiger partial charge in [-0.25, -0.2) is 4.68 Å². The minimum atomic E-state index is -0.152. The zero-order valence-corrected chi connectivity index (χ0v) is 11.4. The predicted octanol–water partition coefficient (Wildman–Crippen LogP) is 2.57. The summed E-state index contributed by atoms with van der Waals surface area (Å²) in [4.78, 5) is 11.8. The summed E-state index contributed by atoms with van der Waals surface area (Å²) < 4.78 is 1.86. The lowest BCUT2D eigenvalue weighted by Gasteiger charge is -2.08. The number of rotatable bonds is 6. The van der Waals surface area contributed by atoms with Crippen LogP contribution in [0.15, 0.2) is 40.3 Å². The molecule has 0 bridgehead atoms. The minimum Gasteiger partial charge on any atom is -0.382 e. The first-order valence-electron chi connectivity index (χ1n) is 5.42. The molecule has 0 aliphatic rings. The van der Waals surface area contributed by atoms with Crippen molar-refractivity contribution < 1.29 is 0 Å². The van der Waals surface area contributed by atoms with E-state index in [0.29, 0.717) is 11.0 Å². The summed E-state index contributed by atoms with van der Waals surface area (Å²) in [5.74, 6) is 0. The number of anilines is 1. The van der Waals surface area contributed by atoms with Crippen molar-refractivity contribution in [2.24, 2.45) is 0 Å². The summed E-state index contributed by atoms with van der Waals surface area (Å²) in [7, 11) is 0. The van der Waals surface area contributed by atoms with E-state index in [4.69, 9.17) is 0 Å². The standard InChI is InChI=1S/C12H16BrN3O/c1-3-5-6-7-14-10-9-15-16(8-4-2)12(17)11(10)13/h3-5,9,14H,2,6-8H2,1H3/b5-3+. The molecule has 0 aliphatic carbocycles. The first kappa shape index (κ1) is 13.7. The predicted molar refractivity (Wildman–Crippen MR) is 74.3 cm³/mol. The molecule has 1 rings (SSSR count). The maximum atomic E-state index is 11.8. The van der Waals surface area contributed by atoms with Gasteiger partial charge in [0.15, 0.2) is 0 Å². The summed E-state index contributed by atoms with van der Waals surface area (Å²) in [5, 5.41) is 7.21. The van der Waals surface area contributed by atoms with Gasteiger partial charge < -0.3 is 5.32 Å². The monoisotopic (exact) mass is 297 g/mol. The number of nitrogens with one attached hydrogen (secondary N) is 1. The van der Waals surface area contributed by atoms with Crippen LogP contribution in [-0.2, 0) is 6.54 Å². The van der Waals surface area contributed by atoms with E-state index in [1.54, 1.807) is 12.3 Å². The number of hydrogen-bond donors (Lipinski definition) is 1. The molecular weight excluding hydrogens is 282 g/mol. The van der Waals surface area contributed by atoms with E-state index in [9.17, 15) is 4.79 Å². The number of aromatic nitrogens is 2. The third kappa shape index (κ3) is 3.85. The Balaban J connectivity index is 2.78. The van der Waals surface area contributed by atoms with E-state index in [-0.39, 0.29) is 5.56 Å². The third-order valence-corrected chi connectivity index (χ3v) is 2.92. The van der Waals surface area contributed by atoms with E-state index >= 15 is 0 Å². The fraction of sp³-hybridized carbons (Fsp3) is 0.333. The highest BCUT2D eigenvalue weighted by Crippen LogP contribution is 2.15. The summed E-state index contributed by atoms with van der Waals surface area (Å²) in [6.45, 7) is 6.75. The quantitative estimate of drug-likeness (QED) is 0.648. The highest BCUT2D eigenvalue weighted by molar-refractivity contribution is 9.10. The average molecular weight is 298 g/mol. The molecule has 0 radical (unpaired) electrons. The molecule has 0 spiro atoms. The molecule has 1 aromatic rings. The molecule has 0 saturated heterocycles. The first-order valence-corrected chi connectivity index (χ1v) is 6.21. The first-order chi connectivity index (χ1) is 8.20. The van der Waals surface area contributed by atoms with Crippen LogP contribution in [0.25, 0.3) is 0 Å². The van der Waals surface area contributed by atoms with Gasteiger partial charge in [-0.05, 0) is 29.3 Å². The second-order valence-corrected chi connectivity index (χ2v) is 4.23. The molecular formula is C12H16BrN3O. The van der Waals surface area contributed by atoms with Crippen LogP contribution in [-0.4, -0.2) is 16.3 Å². The summed E-state index contributed by atoms with van der Waals surface area (Å²) in [6.07, 6.45) is 8.26. The van der Waals surface area contributed by atoms with Crippen LogP contribution < -0.4 is 10.9 Å². The van der Waals surface area contributed by atoms with Crippen molar-refractivity contribution in [3.05, 3.63) is 45.8 Å². The molecule has 0 amide bonds. The molecule has 1 N–H and O–H groups in total. The normalized spacial score (nSPS) is 10.7. The second-order valence-electron chi connectivity index (χ2n) is 3.43. The molecule has 4 nitrogen and oxygen atoms in total. The Morgan fingerprint density at radius 2 is 2.41 bits per heavy atom. The Hall–Kier alpha value is -1.36. The SMILES string of the molecule is C=CCn1ncc(NCC/C=C/C)c(Br)c1=O. The van der Waals surface area contributed by atoms with Crippen molar-refractivity contribution in [1.82, 2.24) is 9.78 Å². The van der Waals surface area contributed by atoms with Gasteiger partial charge in [-0.3, -0.25) is 4.79 Å². The number of nitrogens with zero attached hydrogens (tertiary/aromatic N) is 2. The van der Waals surface area contributed by atoms with Gasteiger partial charge >= 0.3 is 0 Å². The molecule has 1 aromatic heterocycles. The maximum Gasteiger partial charge on any atom is 0.283 e. The average Bonchev–Trinajstić information content (AvgIpc) is 2.33. The number of hydrogen-bond acceptors (Lipinski definition) is 3. The van der Waals surface area contributed by atoms with Crippen LogP contribution >= 0.6 is 15.9 Å². The fourth-order valence-corrected chi connectivity index (χ4v) is 1.74. The number of halogens is 1. The van der Waals surface area contributed by atoms with E-state index in [1.165, 1.54) is 4.68 Å². The fourth-order valence-electron chi connectivity index (χ4n) is 1.30. The van der Waals surface area contributed by atoms with Crippen molar-refractivity contribution in [1.29, 1.82) is 0 Å². The highest BCUT2D eigenvalue weighted by Gasteiger charge is 2.06. The molecule has 0 saturated carbocycles. The molecule has 0 aromatic carbocycles. The largest absolute Gasteiger partial charge is 0.382 e. The Kier molecular flexibility index (Phi) is 5.69. The van der Waals surface area contributed by atoms with Gasteiger partial charge in [0.25, 0.3) is 5.56 Å². The molecule has 0 unspecified atom stereocenters. The van der Waals surface area contributed by atoms with Crippen LogP contribution in [0.5, 0.6) is 0 Å². The summed E-state index contributed by atoms with van der Waals surface area (Å²) in [5.41, 5.74) is 0.570. The topological polar surface area (TPSA) is 46.9 Å². The van der Waals surface area contributed by atoms with E-state index in [0.717, 1.165) is 18.7 Å². The van der Waals surface area contributed by atoms with Crippen LogP contribution in [0.4, 0.5) is 5.69 Å². The third-order valence-electron chi connectivity index (χ3n) is 2.15. The van der Waals surface area contributed by atoms with Crippen LogP contribution in [0.3, 0.4) is 0 Å². The Labute approximate surface area is 109 Å². The number of allylic oxidation sites excluding steroid dienone is 2. The Morgan fingerprint density at radius 3 is 3.06 bits per heavy atom. The molecule has 92 valence electrons. The summed E-state index contributed by atoms with van der Waals surface area (Å²) >= 11 is 3.28. The molecule has 0 fully saturated rings. The lowest BCUT2D eigenvalue weighted by atomic mass is 10.3. The lowest BCUT2D eigenvalue weighted by molar-refractivity contribution is 0.649. The van der Waals surface area contributed by atoms with Crippen molar-refractivity contribution in [2.75, 3.05) is 11.9 Å². The van der Waals surface area contributed by atoms with Gasteiger partial charge in [-0.1, -0.05) is 18.2 Å². The van der Waals surface area contributed by atoms with Gasteiger partial charge in [-0.2, -0.15) is 5.10 Å². The van der Waals surface area contributed by atoms with E-state index in [2.05, 4.69) is 39.0 Å². The molecule has 0 atom stereocenters. The lowest BCUT2D eigenvalue weighted by Crippen LogP contribution is -2.24.